The molecule has 0 saturated carbocycles. The first kappa shape index (κ1) is 21.9. The van der Waals surface area contributed by atoms with Crippen molar-refractivity contribution in [2.75, 3.05) is 6.54 Å². The molecule has 3 rings (SSSR count). The van der Waals surface area contributed by atoms with E-state index in [0.29, 0.717) is 12.0 Å². The van der Waals surface area contributed by atoms with E-state index in [0.717, 1.165) is 16.7 Å². The summed E-state index contributed by atoms with van der Waals surface area (Å²) in [7, 11) is 0. The monoisotopic (exact) mass is 418 g/mol. The van der Waals surface area contributed by atoms with Crippen LogP contribution < -0.4 is 5.32 Å². The molecule has 4 nitrogen and oxygen atoms in total. The molecule has 2 unspecified atom stereocenters. The number of carbonyl (C=O) groups is 2. The summed E-state index contributed by atoms with van der Waals surface area (Å²) in [5.74, 6) is -2.07. The van der Waals surface area contributed by atoms with Crippen molar-refractivity contribution >= 4 is 11.8 Å². The third kappa shape index (κ3) is 5.40. The van der Waals surface area contributed by atoms with Crippen molar-refractivity contribution < 1.29 is 22.8 Å². The standard InChI is InChI=1S/C23H25F3N2O2/c1-15-10-16(2)12-18(11-15)21(29)28-9-8-19(27-22(30)23(24,25)26)14-20(28)13-17-6-4-3-5-7-17/h3-7,10-12,19-20H,8-9,13-14H2,1-2H3,(H,27,30). The van der Waals surface area contributed by atoms with Crippen molar-refractivity contribution in [1.82, 2.24) is 10.2 Å². The molecule has 7 heteroatoms. The first-order valence-electron chi connectivity index (χ1n) is 9.94. The van der Waals surface area contributed by atoms with Crippen molar-refractivity contribution in [3.63, 3.8) is 0 Å². The highest BCUT2D eigenvalue weighted by Crippen LogP contribution is 2.25. The molecule has 30 heavy (non-hydrogen) atoms. The summed E-state index contributed by atoms with van der Waals surface area (Å²) in [4.78, 5) is 26.4. The Morgan fingerprint density at radius 1 is 1.07 bits per heavy atom. The van der Waals surface area contributed by atoms with Crippen molar-refractivity contribution in [3.05, 3.63) is 70.8 Å². The van der Waals surface area contributed by atoms with Gasteiger partial charge in [0, 0.05) is 24.2 Å². The van der Waals surface area contributed by atoms with Gasteiger partial charge in [-0.15, -0.1) is 0 Å². The summed E-state index contributed by atoms with van der Waals surface area (Å²) in [6.45, 7) is 4.13. The van der Waals surface area contributed by atoms with E-state index >= 15 is 0 Å². The second-order valence-corrected chi connectivity index (χ2v) is 7.91. The average Bonchev–Trinajstić information content (AvgIpc) is 2.67. The minimum absolute atomic E-state index is 0.136. The highest BCUT2D eigenvalue weighted by molar-refractivity contribution is 5.95. The Morgan fingerprint density at radius 2 is 1.70 bits per heavy atom. The zero-order valence-electron chi connectivity index (χ0n) is 17.0. The van der Waals surface area contributed by atoms with Crippen molar-refractivity contribution in [1.29, 1.82) is 0 Å². The molecule has 2 aromatic rings. The molecule has 0 aromatic heterocycles. The normalized spacial score (nSPS) is 19.4. The summed E-state index contributed by atoms with van der Waals surface area (Å²) in [6, 6.07) is 14.2. The second-order valence-electron chi connectivity index (χ2n) is 7.91. The number of amides is 2. The van der Waals surface area contributed by atoms with E-state index in [1.54, 1.807) is 4.90 Å². The number of hydrogen-bond acceptors (Lipinski definition) is 2. The SMILES string of the molecule is Cc1cc(C)cc(C(=O)N2CCC(NC(=O)C(F)(F)F)CC2Cc2ccccc2)c1. The number of hydrogen-bond donors (Lipinski definition) is 1. The van der Waals surface area contributed by atoms with E-state index in [1.165, 1.54) is 0 Å². The van der Waals surface area contributed by atoms with Crippen LogP contribution in [0.25, 0.3) is 0 Å². The van der Waals surface area contributed by atoms with E-state index in [2.05, 4.69) is 5.32 Å². The second kappa shape index (κ2) is 8.90. The highest BCUT2D eigenvalue weighted by atomic mass is 19.4. The van der Waals surface area contributed by atoms with Crippen LogP contribution in [0.2, 0.25) is 0 Å². The molecule has 1 saturated heterocycles. The van der Waals surface area contributed by atoms with Gasteiger partial charge in [-0.3, -0.25) is 9.59 Å². The first-order valence-corrected chi connectivity index (χ1v) is 9.94. The van der Waals surface area contributed by atoms with Gasteiger partial charge in [-0.2, -0.15) is 13.2 Å². The van der Waals surface area contributed by atoms with Gasteiger partial charge in [-0.25, -0.2) is 0 Å². The van der Waals surface area contributed by atoms with Gasteiger partial charge in [0.1, 0.15) is 0 Å². The molecular formula is C23H25F3N2O2. The van der Waals surface area contributed by atoms with Crippen LogP contribution in [0, 0.1) is 13.8 Å². The molecule has 160 valence electrons. The molecule has 1 N–H and O–H groups in total. The maximum absolute atomic E-state index is 13.3. The van der Waals surface area contributed by atoms with Crippen LogP contribution in [0.3, 0.4) is 0 Å². The Morgan fingerprint density at radius 3 is 2.30 bits per heavy atom. The lowest BCUT2D eigenvalue weighted by molar-refractivity contribution is -0.174. The number of halogens is 3. The van der Waals surface area contributed by atoms with Gasteiger partial charge in [-0.05, 0) is 50.8 Å². The molecule has 2 atom stereocenters. The minimum atomic E-state index is -4.92. The molecule has 2 amide bonds. The van der Waals surface area contributed by atoms with E-state index in [9.17, 15) is 22.8 Å². The Bertz CT molecular complexity index is 892. The summed E-state index contributed by atoms with van der Waals surface area (Å²) < 4.78 is 38.0. The molecule has 1 fully saturated rings. The van der Waals surface area contributed by atoms with Crippen LogP contribution in [-0.4, -0.2) is 41.5 Å². The van der Waals surface area contributed by atoms with Crippen LogP contribution in [-0.2, 0) is 11.2 Å². The summed E-state index contributed by atoms with van der Waals surface area (Å²) >= 11 is 0. The van der Waals surface area contributed by atoms with Crippen molar-refractivity contribution in [2.45, 2.75) is 51.4 Å². The number of aryl methyl sites for hydroxylation is 2. The number of rotatable bonds is 4. The van der Waals surface area contributed by atoms with Crippen molar-refractivity contribution in [3.8, 4) is 0 Å². The number of alkyl halides is 3. The van der Waals surface area contributed by atoms with Crippen molar-refractivity contribution in [2.24, 2.45) is 0 Å². The fourth-order valence-electron chi connectivity index (χ4n) is 4.06. The molecule has 0 bridgehead atoms. The first-order chi connectivity index (χ1) is 14.1. The molecule has 0 aliphatic carbocycles. The summed E-state index contributed by atoms with van der Waals surface area (Å²) in [5, 5.41) is 2.09. The lowest BCUT2D eigenvalue weighted by Gasteiger charge is -2.40. The zero-order chi connectivity index (χ0) is 21.9. The van der Waals surface area contributed by atoms with Gasteiger partial charge in [0.05, 0.1) is 0 Å². The molecule has 1 aliphatic heterocycles. The number of nitrogens with zero attached hydrogens (tertiary/aromatic N) is 1. The molecular weight excluding hydrogens is 393 g/mol. The summed E-state index contributed by atoms with van der Waals surface area (Å²) in [6.07, 6.45) is -3.85. The lowest BCUT2D eigenvalue weighted by atomic mass is 9.91. The lowest BCUT2D eigenvalue weighted by Crippen LogP contribution is -2.54. The third-order valence-corrected chi connectivity index (χ3v) is 5.35. The Labute approximate surface area is 174 Å². The van der Waals surface area contributed by atoms with Crippen LogP contribution in [0.1, 0.15) is 39.9 Å². The fourth-order valence-corrected chi connectivity index (χ4v) is 4.06. The predicted molar refractivity (Wildman–Crippen MR) is 108 cm³/mol. The van der Waals surface area contributed by atoms with Gasteiger partial charge in [0.2, 0.25) is 0 Å². The molecule has 0 radical (unpaired) electrons. The van der Waals surface area contributed by atoms with Crippen LogP contribution in [0.5, 0.6) is 0 Å². The minimum Gasteiger partial charge on any atom is -0.345 e. The largest absolute Gasteiger partial charge is 0.471 e. The number of benzene rings is 2. The van der Waals surface area contributed by atoms with Crippen LogP contribution in [0.4, 0.5) is 13.2 Å². The number of piperidine rings is 1. The van der Waals surface area contributed by atoms with Gasteiger partial charge in [-0.1, -0.05) is 47.5 Å². The molecule has 0 spiro atoms. The van der Waals surface area contributed by atoms with Gasteiger partial charge < -0.3 is 10.2 Å². The van der Waals surface area contributed by atoms with E-state index in [4.69, 9.17) is 0 Å². The van der Waals surface area contributed by atoms with Crippen LogP contribution >= 0.6 is 0 Å². The Balaban J connectivity index is 1.82. The van der Waals surface area contributed by atoms with Gasteiger partial charge in [0.25, 0.3) is 5.91 Å². The topological polar surface area (TPSA) is 49.4 Å². The molecule has 1 heterocycles. The number of carbonyl (C=O) groups excluding carboxylic acids is 2. The quantitative estimate of drug-likeness (QED) is 0.809. The highest BCUT2D eigenvalue weighted by Gasteiger charge is 2.41. The average molecular weight is 418 g/mol. The van der Waals surface area contributed by atoms with Gasteiger partial charge >= 0.3 is 12.1 Å². The Hall–Kier alpha value is -2.83. The maximum atomic E-state index is 13.3. The number of nitrogens with one attached hydrogen (secondary N) is 1. The van der Waals surface area contributed by atoms with Gasteiger partial charge in [0.15, 0.2) is 0 Å². The third-order valence-electron chi connectivity index (χ3n) is 5.35. The van der Waals surface area contributed by atoms with Crippen LogP contribution in [0.15, 0.2) is 48.5 Å². The maximum Gasteiger partial charge on any atom is 0.471 e. The smallest absolute Gasteiger partial charge is 0.345 e. The Kier molecular flexibility index (Phi) is 6.48. The van der Waals surface area contributed by atoms with E-state index in [1.807, 2.05) is 62.4 Å². The van der Waals surface area contributed by atoms with E-state index in [-0.39, 0.29) is 31.3 Å². The molecule has 1 aliphatic rings. The fraction of sp³-hybridized carbons (Fsp3) is 0.391. The van der Waals surface area contributed by atoms with E-state index < -0.39 is 18.1 Å². The predicted octanol–water partition coefficient (Wildman–Crippen LogP) is 4.20. The zero-order valence-corrected chi connectivity index (χ0v) is 17.0. The summed E-state index contributed by atoms with van der Waals surface area (Å²) in [5.41, 5.74) is 3.52. The number of likely N-dealkylation sites (tertiary alicyclic amines) is 1. The molecule has 2 aromatic carbocycles.